The third-order valence-electron chi connectivity index (χ3n) is 6.46. The first-order valence-electron chi connectivity index (χ1n) is 11.1. The predicted molar refractivity (Wildman–Crippen MR) is 107 cm³/mol. The van der Waals surface area contributed by atoms with Gasteiger partial charge in [0, 0.05) is 39.8 Å². The Hall–Kier alpha value is -1.18. The van der Waals surface area contributed by atoms with Crippen molar-refractivity contribution in [2.75, 3.05) is 53.0 Å². The zero-order valence-electron chi connectivity index (χ0n) is 17.4. The van der Waals surface area contributed by atoms with Crippen LogP contribution in [0.25, 0.3) is 0 Å². The number of piperidine rings is 1. The minimum atomic E-state index is -0.307. The molecule has 3 fully saturated rings. The summed E-state index contributed by atoms with van der Waals surface area (Å²) in [6.07, 6.45) is 8.68. The summed E-state index contributed by atoms with van der Waals surface area (Å²) in [5, 5.41) is 2.96. The molecule has 7 nitrogen and oxygen atoms in total. The Morgan fingerprint density at radius 2 is 1.82 bits per heavy atom. The molecule has 1 atom stereocenters. The second-order valence-corrected chi connectivity index (χ2v) is 8.45. The minimum Gasteiger partial charge on any atom is -0.382 e. The van der Waals surface area contributed by atoms with Crippen molar-refractivity contribution in [3.8, 4) is 0 Å². The van der Waals surface area contributed by atoms with Crippen molar-refractivity contribution in [1.82, 2.24) is 15.1 Å². The number of nitrogens with one attached hydrogen (secondary N) is 1. The Kier molecular flexibility index (Phi) is 8.55. The minimum absolute atomic E-state index is 0.0215. The van der Waals surface area contributed by atoms with Crippen LogP contribution in [0, 0.1) is 5.92 Å². The van der Waals surface area contributed by atoms with Gasteiger partial charge in [-0.3, -0.25) is 14.5 Å². The van der Waals surface area contributed by atoms with Gasteiger partial charge in [0.25, 0.3) is 0 Å². The fraction of sp³-hybridized carbons (Fsp3) is 0.905. The quantitative estimate of drug-likeness (QED) is 0.629. The normalized spacial score (nSPS) is 25.7. The topological polar surface area (TPSA) is 71.1 Å². The maximum Gasteiger partial charge on any atom is 0.237 e. The Morgan fingerprint density at radius 3 is 2.54 bits per heavy atom. The van der Waals surface area contributed by atoms with E-state index in [1.165, 1.54) is 32.1 Å². The van der Waals surface area contributed by atoms with Crippen LogP contribution in [-0.2, 0) is 19.1 Å². The first kappa shape index (κ1) is 21.5. The van der Waals surface area contributed by atoms with Gasteiger partial charge in [0.15, 0.2) is 0 Å². The van der Waals surface area contributed by atoms with E-state index in [0.717, 1.165) is 25.9 Å². The van der Waals surface area contributed by atoms with Crippen LogP contribution in [0.15, 0.2) is 0 Å². The van der Waals surface area contributed by atoms with Crippen LogP contribution in [0.3, 0.4) is 0 Å². The molecule has 1 unspecified atom stereocenters. The van der Waals surface area contributed by atoms with Gasteiger partial charge in [-0.25, -0.2) is 0 Å². The fourth-order valence-electron chi connectivity index (χ4n) is 4.77. The van der Waals surface area contributed by atoms with E-state index in [-0.39, 0.29) is 24.0 Å². The highest BCUT2D eigenvalue weighted by Gasteiger charge is 2.35. The van der Waals surface area contributed by atoms with E-state index in [0.29, 0.717) is 45.2 Å². The van der Waals surface area contributed by atoms with Gasteiger partial charge in [0.2, 0.25) is 11.8 Å². The fourth-order valence-corrected chi connectivity index (χ4v) is 4.77. The Morgan fingerprint density at radius 1 is 1.07 bits per heavy atom. The predicted octanol–water partition coefficient (Wildman–Crippen LogP) is 1.41. The van der Waals surface area contributed by atoms with Gasteiger partial charge in [0.1, 0.15) is 0 Å². The molecule has 3 aliphatic rings. The molecular formula is C21H37N3O4. The van der Waals surface area contributed by atoms with Crippen LogP contribution in [0.5, 0.6) is 0 Å². The lowest BCUT2D eigenvalue weighted by molar-refractivity contribution is -0.141. The summed E-state index contributed by atoms with van der Waals surface area (Å²) in [7, 11) is 1.67. The van der Waals surface area contributed by atoms with Crippen molar-refractivity contribution >= 4 is 11.8 Å². The van der Waals surface area contributed by atoms with Gasteiger partial charge in [-0.2, -0.15) is 0 Å². The number of likely N-dealkylation sites (tertiary alicyclic amines) is 1. The highest BCUT2D eigenvalue weighted by atomic mass is 16.5. The van der Waals surface area contributed by atoms with Crippen LogP contribution in [-0.4, -0.2) is 86.8 Å². The summed E-state index contributed by atoms with van der Waals surface area (Å²) in [4.78, 5) is 29.6. The van der Waals surface area contributed by atoms with Crippen LogP contribution < -0.4 is 5.32 Å². The smallest absolute Gasteiger partial charge is 0.237 e. The molecule has 7 heteroatoms. The SMILES string of the molecule is COCCOC1CCN(C(=O)CC2C(=O)NCCN2CC2CCCCC2)CC1. The number of rotatable bonds is 8. The van der Waals surface area contributed by atoms with Crippen molar-refractivity contribution in [1.29, 1.82) is 0 Å². The molecule has 0 aromatic carbocycles. The molecule has 0 bridgehead atoms. The number of nitrogens with zero attached hydrogens (tertiary/aromatic N) is 2. The largest absolute Gasteiger partial charge is 0.382 e. The molecule has 2 amide bonds. The number of amides is 2. The molecule has 2 heterocycles. The van der Waals surface area contributed by atoms with Crippen molar-refractivity contribution in [3.05, 3.63) is 0 Å². The summed E-state index contributed by atoms with van der Waals surface area (Å²) in [6, 6.07) is -0.307. The number of carbonyl (C=O) groups excluding carboxylic acids is 2. The molecule has 28 heavy (non-hydrogen) atoms. The van der Waals surface area contributed by atoms with Gasteiger partial charge >= 0.3 is 0 Å². The van der Waals surface area contributed by atoms with Crippen molar-refractivity contribution in [2.24, 2.45) is 5.92 Å². The van der Waals surface area contributed by atoms with Gasteiger partial charge < -0.3 is 19.7 Å². The van der Waals surface area contributed by atoms with E-state index >= 15 is 0 Å². The number of piperazine rings is 1. The molecule has 2 saturated heterocycles. The first-order valence-corrected chi connectivity index (χ1v) is 11.1. The number of hydrogen-bond donors (Lipinski definition) is 1. The lowest BCUT2D eigenvalue weighted by Crippen LogP contribution is -2.58. The molecule has 0 aromatic rings. The molecule has 0 spiro atoms. The average molecular weight is 396 g/mol. The Labute approximate surface area is 169 Å². The highest BCUT2D eigenvalue weighted by molar-refractivity contribution is 5.88. The van der Waals surface area contributed by atoms with Crippen LogP contribution in [0.4, 0.5) is 0 Å². The van der Waals surface area contributed by atoms with Crippen molar-refractivity contribution in [2.45, 2.75) is 63.5 Å². The molecule has 1 aliphatic carbocycles. The summed E-state index contributed by atoms with van der Waals surface area (Å²) in [5.41, 5.74) is 0. The third kappa shape index (κ3) is 6.16. The standard InChI is InChI=1S/C21H37N3O4/c1-27-13-14-28-18-7-10-23(11-8-18)20(25)15-19-21(26)22-9-12-24(19)16-17-5-3-2-4-6-17/h17-19H,2-16H2,1H3,(H,22,26). The summed E-state index contributed by atoms with van der Waals surface area (Å²) in [6.45, 7) is 5.15. The Bertz CT molecular complexity index is 502. The number of ether oxygens (including phenoxy) is 2. The second-order valence-electron chi connectivity index (χ2n) is 8.45. The molecule has 0 aromatic heterocycles. The molecule has 3 rings (SSSR count). The summed E-state index contributed by atoms with van der Waals surface area (Å²) < 4.78 is 10.8. The number of hydrogen-bond acceptors (Lipinski definition) is 5. The Balaban J connectivity index is 1.47. The zero-order valence-corrected chi connectivity index (χ0v) is 17.4. The number of carbonyl (C=O) groups is 2. The van der Waals surface area contributed by atoms with Crippen LogP contribution >= 0.6 is 0 Å². The second kappa shape index (κ2) is 11.1. The molecular weight excluding hydrogens is 358 g/mol. The highest BCUT2D eigenvalue weighted by Crippen LogP contribution is 2.26. The molecule has 160 valence electrons. The molecule has 2 aliphatic heterocycles. The van der Waals surface area contributed by atoms with E-state index in [9.17, 15) is 9.59 Å². The van der Waals surface area contributed by atoms with E-state index in [1.54, 1.807) is 7.11 Å². The monoisotopic (exact) mass is 395 g/mol. The third-order valence-corrected chi connectivity index (χ3v) is 6.46. The van der Waals surface area contributed by atoms with Gasteiger partial charge in [-0.15, -0.1) is 0 Å². The van der Waals surface area contributed by atoms with Gasteiger partial charge in [-0.1, -0.05) is 19.3 Å². The van der Waals surface area contributed by atoms with Gasteiger partial charge in [-0.05, 0) is 31.6 Å². The van der Waals surface area contributed by atoms with Gasteiger partial charge in [0.05, 0.1) is 31.8 Å². The maximum absolute atomic E-state index is 12.9. The van der Waals surface area contributed by atoms with E-state index in [2.05, 4.69) is 10.2 Å². The summed E-state index contributed by atoms with van der Waals surface area (Å²) >= 11 is 0. The van der Waals surface area contributed by atoms with Crippen LogP contribution in [0.2, 0.25) is 0 Å². The molecule has 1 N–H and O–H groups in total. The van der Waals surface area contributed by atoms with E-state index in [1.807, 2.05) is 4.90 Å². The lowest BCUT2D eigenvalue weighted by atomic mass is 9.88. The molecule has 1 saturated carbocycles. The maximum atomic E-state index is 12.9. The van der Waals surface area contributed by atoms with E-state index in [4.69, 9.17) is 9.47 Å². The lowest BCUT2D eigenvalue weighted by Gasteiger charge is -2.39. The molecule has 0 radical (unpaired) electrons. The number of methoxy groups -OCH3 is 1. The van der Waals surface area contributed by atoms with E-state index < -0.39 is 0 Å². The average Bonchev–Trinajstić information content (AvgIpc) is 2.72. The first-order chi connectivity index (χ1) is 13.7. The van der Waals surface area contributed by atoms with Crippen molar-refractivity contribution < 1.29 is 19.1 Å². The summed E-state index contributed by atoms with van der Waals surface area (Å²) in [5.74, 6) is 0.802. The van der Waals surface area contributed by atoms with Crippen molar-refractivity contribution in [3.63, 3.8) is 0 Å². The zero-order chi connectivity index (χ0) is 19.8. The van der Waals surface area contributed by atoms with Crippen LogP contribution in [0.1, 0.15) is 51.4 Å².